The van der Waals surface area contributed by atoms with Crippen LogP contribution >= 0.6 is 11.3 Å². The number of nitrogens with zero attached hydrogens (tertiary/aromatic N) is 3. The zero-order chi connectivity index (χ0) is 19.3. The summed E-state index contributed by atoms with van der Waals surface area (Å²) in [6.45, 7) is 2.71. The number of likely N-dealkylation sites (tertiary alicyclic amines) is 1. The van der Waals surface area contributed by atoms with Crippen LogP contribution in [0.4, 0.5) is 4.39 Å². The summed E-state index contributed by atoms with van der Waals surface area (Å²) >= 11 is 1.54. The van der Waals surface area contributed by atoms with E-state index >= 15 is 0 Å². The molecule has 1 aliphatic rings. The Morgan fingerprint density at radius 1 is 1.25 bits per heavy atom. The van der Waals surface area contributed by atoms with Gasteiger partial charge in [0, 0.05) is 12.5 Å². The van der Waals surface area contributed by atoms with Gasteiger partial charge >= 0.3 is 0 Å². The van der Waals surface area contributed by atoms with Gasteiger partial charge in [-0.1, -0.05) is 23.4 Å². The van der Waals surface area contributed by atoms with Crippen molar-refractivity contribution in [1.29, 1.82) is 0 Å². The summed E-state index contributed by atoms with van der Waals surface area (Å²) in [5, 5.41) is 8.81. The second-order valence-electron chi connectivity index (χ2n) is 6.88. The van der Waals surface area contributed by atoms with Crippen LogP contribution in [0, 0.1) is 11.7 Å². The van der Waals surface area contributed by atoms with Gasteiger partial charge in [0.15, 0.2) is 0 Å². The Kier molecular flexibility index (Phi) is 5.78. The minimum absolute atomic E-state index is 0.0100. The van der Waals surface area contributed by atoms with E-state index in [1.165, 1.54) is 12.1 Å². The lowest BCUT2D eigenvalue weighted by atomic mass is 9.95. The predicted molar refractivity (Wildman–Crippen MR) is 104 cm³/mol. The molecule has 0 spiro atoms. The van der Waals surface area contributed by atoms with Crippen molar-refractivity contribution in [3.8, 4) is 10.7 Å². The Hall–Kier alpha value is -2.58. The summed E-state index contributed by atoms with van der Waals surface area (Å²) < 4.78 is 18.2. The van der Waals surface area contributed by atoms with Crippen molar-refractivity contribution < 1.29 is 13.7 Å². The van der Waals surface area contributed by atoms with E-state index in [1.54, 1.807) is 11.3 Å². The van der Waals surface area contributed by atoms with Crippen LogP contribution in [-0.4, -0.2) is 34.0 Å². The van der Waals surface area contributed by atoms with Crippen molar-refractivity contribution in [3.05, 3.63) is 59.0 Å². The van der Waals surface area contributed by atoms with Gasteiger partial charge in [-0.15, -0.1) is 11.3 Å². The molecule has 0 unspecified atom stereocenters. The quantitative estimate of drug-likeness (QED) is 0.686. The average Bonchev–Trinajstić information content (AvgIpc) is 3.40. The van der Waals surface area contributed by atoms with Crippen LogP contribution in [0.2, 0.25) is 0 Å². The molecule has 1 fully saturated rings. The second kappa shape index (κ2) is 8.62. The monoisotopic (exact) mass is 400 g/mol. The normalized spacial score (nSPS) is 15.6. The van der Waals surface area contributed by atoms with E-state index in [0.717, 1.165) is 42.9 Å². The average molecular weight is 400 g/mol. The standard InChI is InChI=1S/C20H21FN4O2S/c21-16-5-3-14(4-6-16)13-25-9-7-15(8-10-25)20(26)22-12-18-23-19(24-27-18)17-2-1-11-28-17/h1-6,11,15H,7-10,12-13H2,(H,22,26). The lowest BCUT2D eigenvalue weighted by molar-refractivity contribution is -0.126. The zero-order valence-electron chi connectivity index (χ0n) is 15.3. The van der Waals surface area contributed by atoms with Crippen molar-refractivity contribution >= 4 is 17.2 Å². The summed E-state index contributed by atoms with van der Waals surface area (Å²) in [4.78, 5) is 20.0. The fraction of sp³-hybridized carbons (Fsp3) is 0.350. The maximum atomic E-state index is 13.0. The van der Waals surface area contributed by atoms with Crippen LogP contribution in [0.3, 0.4) is 0 Å². The number of aromatic nitrogens is 2. The van der Waals surface area contributed by atoms with Crippen molar-refractivity contribution in [3.63, 3.8) is 0 Å². The first-order valence-corrected chi connectivity index (χ1v) is 10.2. The molecule has 3 aromatic rings. The molecule has 0 radical (unpaired) electrons. The molecule has 3 heterocycles. The van der Waals surface area contributed by atoms with E-state index in [2.05, 4.69) is 20.4 Å². The molecule has 0 atom stereocenters. The Labute approximate surface area is 166 Å². The SMILES string of the molecule is O=C(NCc1nc(-c2cccs2)no1)C1CCN(Cc2ccc(F)cc2)CC1. The van der Waals surface area contributed by atoms with Gasteiger partial charge in [-0.05, 0) is 55.1 Å². The van der Waals surface area contributed by atoms with Crippen molar-refractivity contribution in [2.45, 2.75) is 25.9 Å². The van der Waals surface area contributed by atoms with E-state index in [9.17, 15) is 9.18 Å². The fourth-order valence-corrected chi connectivity index (χ4v) is 3.99. The first kappa shape index (κ1) is 18.8. The van der Waals surface area contributed by atoms with Crippen LogP contribution in [0.15, 0.2) is 46.3 Å². The summed E-state index contributed by atoms with van der Waals surface area (Å²) in [6, 6.07) is 10.4. The van der Waals surface area contributed by atoms with Crippen molar-refractivity contribution in [2.24, 2.45) is 5.92 Å². The molecule has 28 heavy (non-hydrogen) atoms. The van der Waals surface area contributed by atoms with Crippen LogP contribution in [0.1, 0.15) is 24.3 Å². The van der Waals surface area contributed by atoms with Gasteiger partial charge in [-0.3, -0.25) is 9.69 Å². The number of halogens is 1. The summed E-state index contributed by atoms with van der Waals surface area (Å²) in [5.74, 6) is 0.753. The number of nitrogens with one attached hydrogen (secondary N) is 1. The molecule has 1 amide bonds. The highest BCUT2D eigenvalue weighted by Gasteiger charge is 2.25. The maximum absolute atomic E-state index is 13.0. The van der Waals surface area contributed by atoms with Crippen LogP contribution in [-0.2, 0) is 17.9 Å². The summed E-state index contributed by atoms with van der Waals surface area (Å²) in [7, 11) is 0. The highest BCUT2D eigenvalue weighted by Crippen LogP contribution is 2.22. The molecule has 2 aromatic heterocycles. The third-order valence-corrected chi connectivity index (χ3v) is 5.77. The van der Waals surface area contributed by atoms with Gasteiger partial charge < -0.3 is 9.84 Å². The Morgan fingerprint density at radius 2 is 2.04 bits per heavy atom. The zero-order valence-corrected chi connectivity index (χ0v) is 16.1. The molecule has 0 saturated carbocycles. The van der Waals surface area contributed by atoms with Gasteiger partial charge in [0.2, 0.25) is 17.6 Å². The molecule has 0 bridgehead atoms. The smallest absolute Gasteiger partial charge is 0.246 e. The summed E-state index contributed by atoms with van der Waals surface area (Å²) in [6.07, 6.45) is 1.61. The number of rotatable bonds is 6. The lowest BCUT2D eigenvalue weighted by Crippen LogP contribution is -2.40. The maximum Gasteiger partial charge on any atom is 0.246 e. The molecule has 0 aliphatic carbocycles. The number of piperidine rings is 1. The number of hydrogen-bond donors (Lipinski definition) is 1. The number of thiophene rings is 1. The predicted octanol–water partition coefficient (Wildman–Crippen LogP) is 3.47. The van der Waals surface area contributed by atoms with Gasteiger partial charge in [0.1, 0.15) is 5.82 Å². The van der Waals surface area contributed by atoms with Gasteiger partial charge in [0.05, 0.1) is 11.4 Å². The van der Waals surface area contributed by atoms with Crippen molar-refractivity contribution in [1.82, 2.24) is 20.4 Å². The largest absolute Gasteiger partial charge is 0.347 e. The fourth-order valence-electron chi connectivity index (χ4n) is 3.34. The molecule has 1 saturated heterocycles. The molecule has 146 valence electrons. The molecule has 6 nitrogen and oxygen atoms in total. The molecule has 1 N–H and O–H groups in total. The molecule has 8 heteroatoms. The van der Waals surface area contributed by atoms with E-state index in [4.69, 9.17) is 4.52 Å². The van der Waals surface area contributed by atoms with Crippen LogP contribution in [0.5, 0.6) is 0 Å². The third-order valence-electron chi connectivity index (χ3n) is 4.90. The van der Waals surface area contributed by atoms with Gasteiger partial charge in [-0.2, -0.15) is 4.98 Å². The second-order valence-corrected chi connectivity index (χ2v) is 7.83. The van der Waals surface area contributed by atoms with Crippen LogP contribution < -0.4 is 5.32 Å². The number of hydrogen-bond acceptors (Lipinski definition) is 6. The Balaban J connectivity index is 1.22. The molecule has 1 aromatic carbocycles. The Bertz CT molecular complexity index is 903. The number of amides is 1. The number of carbonyl (C=O) groups excluding carboxylic acids is 1. The lowest BCUT2D eigenvalue weighted by Gasteiger charge is -2.31. The highest BCUT2D eigenvalue weighted by atomic mass is 32.1. The van der Waals surface area contributed by atoms with Crippen LogP contribution in [0.25, 0.3) is 10.7 Å². The highest BCUT2D eigenvalue weighted by molar-refractivity contribution is 7.13. The third kappa shape index (κ3) is 4.63. The van der Waals surface area contributed by atoms with E-state index in [-0.39, 0.29) is 24.2 Å². The van der Waals surface area contributed by atoms with E-state index < -0.39 is 0 Å². The minimum Gasteiger partial charge on any atom is -0.347 e. The Morgan fingerprint density at radius 3 is 2.75 bits per heavy atom. The van der Waals surface area contributed by atoms with Gasteiger partial charge in [-0.25, -0.2) is 4.39 Å². The molecular weight excluding hydrogens is 379 g/mol. The number of benzene rings is 1. The van der Waals surface area contributed by atoms with E-state index in [1.807, 2.05) is 29.6 Å². The molecule has 4 rings (SSSR count). The molecular formula is C20H21FN4O2S. The first-order valence-electron chi connectivity index (χ1n) is 9.28. The minimum atomic E-state index is -0.220. The van der Waals surface area contributed by atoms with E-state index in [0.29, 0.717) is 11.7 Å². The van der Waals surface area contributed by atoms with Gasteiger partial charge in [0.25, 0.3) is 0 Å². The topological polar surface area (TPSA) is 71.3 Å². The first-order chi connectivity index (χ1) is 13.7. The summed E-state index contributed by atoms with van der Waals surface area (Å²) in [5.41, 5.74) is 1.09. The molecule has 1 aliphatic heterocycles. The van der Waals surface area contributed by atoms with Crippen molar-refractivity contribution in [2.75, 3.05) is 13.1 Å². The number of carbonyl (C=O) groups is 1.